The van der Waals surface area contributed by atoms with E-state index in [1.807, 2.05) is 19.9 Å². The van der Waals surface area contributed by atoms with Crippen LogP contribution >= 0.6 is 33.9 Å². The Labute approximate surface area is 110 Å². The number of aromatic nitrogens is 2. The van der Waals surface area contributed by atoms with Gasteiger partial charge in [-0.2, -0.15) is 4.98 Å². The Bertz CT molecular complexity index is 603. The van der Waals surface area contributed by atoms with Crippen molar-refractivity contribution in [3.05, 3.63) is 29.7 Å². The molecule has 4 nitrogen and oxygen atoms in total. The van der Waals surface area contributed by atoms with Gasteiger partial charge in [-0.1, -0.05) is 0 Å². The predicted molar refractivity (Wildman–Crippen MR) is 72.0 cm³/mol. The third kappa shape index (κ3) is 1.99. The Hall–Kier alpha value is -0.890. The van der Waals surface area contributed by atoms with Crippen LogP contribution in [0.1, 0.15) is 9.75 Å². The zero-order valence-electron chi connectivity index (χ0n) is 8.67. The Morgan fingerprint density at radius 3 is 2.69 bits per heavy atom. The number of hydrogen-bond acceptors (Lipinski definition) is 4. The van der Waals surface area contributed by atoms with E-state index in [2.05, 4.69) is 9.97 Å². The summed E-state index contributed by atoms with van der Waals surface area (Å²) in [6, 6.07) is 1.95. The number of aromatic hydroxyl groups is 1. The van der Waals surface area contributed by atoms with E-state index in [-0.39, 0.29) is 15.0 Å². The van der Waals surface area contributed by atoms with Crippen LogP contribution in [-0.4, -0.2) is 15.1 Å². The molecule has 0 saturated heterocycles. The SMILES string of the molecule is Cc1cc(-c2nc(O)c(I)c(=O)[nH]2)c(C)s1. The van der Waals surface area contributed by atoms with E-state index < -0.39 is 0 Å². The molecule has 2 aromatic heterocycles. The summed E-state index contributed by atoms with van der Waals surface area (Å²) in [7, 11) is 0. The average molecular weight is 348 g/mol. The molecule has 0 atom stereocenters. The van der Waals surface area contributed by atoms with E-state index in [0.717, 1.165) is 15.3 Å². The first-order chi connectivity index (χ1) is 7.49. The highest BCUT2D eigenvalue weighted by Crippen LogP contribution is 2.28. The highest BCUT2D eigenvalue weighted by atomic mass is 127. The van der Waals surface area contributed by atoms with Gasteiger partial charge in [0.15, 0.2) is 0 Å². The van der Waals surface area contributed by atoms with Gasteiger partial charge in [-0.05, 0) is 42.5 Å². The van der Waals surface area contributed by atoms with Crippen molar-refractivity contribution in [2.24, 2.45) is 0 Å². The molecule has 2 rings (SSSR count). The number of halogens is 1. The standard InChI is InChI=1S/C10H9IN2O2S/c1-4-3-6(5(2)16-4)8-12-9(14)7(11)10(15)13-8/h3H,1-2H3,(H2,12,13,14,15). The maximum Gasteiger partial charge on any atom is 0.268 e. The smallest absolute Gasteiger partial charge is 0.268 e. The number of nitrogens with zero attached hydrogens (tertiary/aromatic N) is 1. The number of rotatable bonds is 1. The van der Waals surface area contributed by atoms with Gasteiger partial charge >= 0.3 is 0 Å². The highest BCUT2D eigenvalue weighted by Gasteiger charge is 2.12. The fourth-order valence-corrected chi connectivity index (χ4v) is 2.62. The lowest BCUT2D eigenvalue weighted by atomic mass is 10.2. The van der Waals surface area contributed by atoms with Crippen LogP contribution in [0, 0.1) is 17.4 Å². The number of aromatic amines is 1. The van der Waals surface area contributed by atoms with Crippen molar-refractivity contribution in [1.29, 1.82) is 0 Å². The second kappa shape index (κ2) is 4.17. The zero-order valence-corrected chi connectivity index (χ0v) is 11.6. The van der Waals surface area contributed by atoms with E-state index in [0.29, 0.717) is 5.82 Å². The molecule has 0 unspecified atom stereocenters. The highest BCUT2D eigenvalue weighted by molar-refractivity contribution is 14.1. The Balaban J connectivity index is 2.66. The van der Waals surface area contributed by atoms with Crippen LogP contribution in [0.2, 0.25) is 0 Å². The molecule has 16 heavy (non-hydrogen) atoms. The molecule has 0 aromatic carbocycles. The quantitative estimate of drug-likeness (QED) is 0.778. The van der Waals surface area contributed by atoms with Gasteiger partial charge in [0.25, 0.3) is 5.56 Å². The van der Waals surface area contributed by atoms with Crippen molar-refractivity contribution in [1.82, 2.24) is 9.97 Å². The molecule has 0 fully saturated rings. The van der Waals surface area contributed by atoms with Gasteiger partial charge in [0.05, 0.1) is 0 Å². The third-order valence-electron chi connectivity index (χ3n) is 2.14. The molecule has 0 radical (unpaired) electrons. The molecule has 2 N–H and O–H groups in total. The van der Waals surface area contributed by atoms with Gasteiger partial charge < -0.3 is 10.1 Å². The molecule has 0 bridgehead atoms. The van der Waals surface area contributed by atoms with Crippen LogP contribution in [0.25, 0.3) is 11.4 Å². The molecule has 0 aliphatic rings. The van der Waals surface area contributed by atoms with Gasteiger partial charge in [-0.25, -0.2) is 0 Å². The summed E-state index contributed by atoms with van der Waals surface area (Å²) in [6.07, 6.45) is 0. The topological polar surface area (TPSA) is 66.0 Å². The lowest BCUT2D eigenvalue weighted by Gasteiger charge is -2.01. The van der Waals surface area contributed by atoms with Crippen LogP contribution < -0.4 is 5.56 Å². The molecule has 0 spiro atoms. The minimum atomic E-state index is -0.314. The lowest BCUT2D eigenvalue weighted by Crippen LogP contribution is -2.12. The zero-order chi connectivity index (χ0) is 11.9. The second-order valence-corrected chi connectivity index (χ2v) is 5.92. The lowest BCUT2D eigenvalue weighted by molar-refractivity contribution is 0.447. The predicted octanol–water partition coefficient (Wildman–Crippen LogP) is 2.43. The summed E-state index contributed by atoms with van der Waals surface area (Å²) in [5.74, 6) is 0.201. The maximum atomic E-state index is 11.5. The number of nitrogens with one attached hydrogen (secondary N) is 1. The number of aryl methyl sites for hydroxylation is 2. The third-order valence-corrected chi connectivity index (χ3v) is 4.08. The van der Waals surface area contributed by atoms with E-state index in [1.165, 1.54) is 0 Å². The molecule has 0 saturated carbocycles. The van der Waals surface area contributed by atoms with Gasteiger partial charge in [-0.3, -0.25) is 4.79 Å². The van der Waals surface area contributed by atoms with Crippen molar-refractivity contribution in [3.63, 3.8) is 0 Å². The fourth-order valence-electron chi connectivity index (χ4n) is 1.44. The Morgan fingerprint density at radius 1 is 1.50 bits per heavy atom. The molecule has 0 aliphatic carbocycles. The summed E-state index contributed by atoms with van der Waals surface area (Å²) < 4.78 is 0.214. The van der Waals surface area contributed by atoms with Crippen molar-refractivity contribution in [2.45, 2.75) is 13.8 Å². The van der Waals surface area contributed by atoms with E-state index in [9.17, 15) is 9.90 Å². The monoisotopic (exact) mass is 348 g/mol. The average Bonchev–Trinajstić information content (AvgIpc) is 2.53. The molecular weight excluding hydrogens is 339 g/mol. The van der Waals surface area contributed by atoms with Gasteiger partial charge in [0, 0.05) is 15.3 Å². The summed E-state index contributed by atoms with van der Waals surface area (Å²) in [4.78, 5) is 20.3. The minimum Gasteiger partial charge on any atom is -0.492 e. The minimum absolute atomic E-state index is 0.214. The first-order valence-electron chi connectivity index (χ1n) is 4.55. The first kappa shape index (κ1) is 11.6. The second-order valence-electron chi connectivity index (χ2n) is 3.38. The van der Waals surface area contributed by atoms with Crippen LogP contribution in [0.3, 0.4) is 0 Å². The van der Waals surface area contributed by atoms with Gasteiger partial charge in [0.1, 0.15) is 9.39 Å². The summed E-state index contributed by atoms with van der Waals surface area (Å²) in [5.41, 5.74) is 0.553. The van der Waals surface area contributed by atoms with Crippen molar-refractivity contribution >= 4 is 33.9 Å². The van der Waals surface area contributed by atoms with Crippen molar-refractivity contribution in [3.8, 4) is 17.3 Å². The summed E-state index contributed by atoms with van der Waals surface area (Å²) >= 11 is 3.40. The van der Waals surface area contributed by atoms with Crippen LogP contribution in [0.15, 0.2) is 10.9 Å². The Morgan fingerprint density at radius 2 is 2.19 bits per heavy atom. The van der Waals surface area contributed by atoms with Gasteiger partial charge in [-0.15, -0.1) is 11.3 Å². The number of hydrogen-bond donors (Lipinski definition) is 2. The maximum absolute atomic E-state index is 11.5. The molecule has 2 heterocycles. The summed E-state index contributed by atoms with van der Waals surface area (Å²) in [6.45, 7) is 3.95. The molecule has 0 aliphatic heterocycles. The molecule has 0 amide bonds. The van der Waals surface area contributed by atoms with Gasteiger partial charge in [0.2, 0.25) is 5.88 Å². The molecular formula is C10H9IN2O2S. The normalized spacial score (nSPS) is 10.7. The summed E-state index contributed by atoms with van der Waals surface area (Å²) in [5, 5.41) is 9.50. The van der Waals surface area contributed by atoms with Crippen molar-refractivity contribution < 1.29 is 5.11 Å². The fraction of sp³-hybridized carbons (Fsp3) is 0.200. The first-order valence-corrected chi connectivity index (χ1v) is 6.44. The van der Waals surface area contributed by atoms with E-state index in [4.69, 9.17) is 0 Å². The van der Waals surface area contributed by atoms with Crippen LogP contribution in [-0.2, 0) is 0 Å². The van der Waals surface area contributed by atoms with E-state index >= 15 is 0 Å². The van der Waals surface area contributed by atoms with Crippen molar-refractivity contribution in [2.75, 3.05) is 0 Å². The largest absolute Gasteiger partial charge is 0.492 e. The molecule has 2 aromatic rings. The Kier molecular flexibility index (Phi) is 3.02. The van der Waals surface area contributed by atoms with Crippen LogP contribution in [0.4, 0.5) is 0 Å². The van der Waals surface area contributed by atoms with E-state index in [1.54, 1.807) is 33.9 Å². The van der Waals surface area contributed by atoms with Crippen LogP contribution in [0.5, 0.6) is 5.88 Å². The molecule has 6 heteroatoms. The number of H-pyrrole nitrogens is 1. The molecule has 84 valence electrons. The number of thiophene rings is 1.